The van der Waals surface area contributed by atoms with Gasteiger partial charge in [0.25, 0.3) is 0 Å². The van der Waals surface area contributed by atoms with Crippen molar-refractivity contribution in [2.24, 2.45) is 5.92 Å². The van der Waals surface area contributed by atoms with Crippen molar-refractivity contribution >= 4 is 28.4 Å². The zero-order valence-electron chi connectivity index (χ0n) is 9.73. The summed E-state index contributed by atoms with van der Waals surface area (Å²) in [6.45, 7) is 2.63. The molecule has 0 radical (unpaired) electrons. The lowest BCUT2D eigenvalue weighted by atomic mass is 10.1. The van der Waals surface area contributed by atoms with Crippen LogP contribution in [0.2, 0.25) is 0 Å². The van der Waals surface area contributed by atoms with Crippen LogP contribution in [0.3, 0.4) is 0 Å². The Morgan fingerprint density at radius 2 is 2.53 bits per heavy atom. The standard InChI is InChI=1S/C12H15IN2O2/c1-16-6-8-4-9-7-17-11-10(13)2-3-14-12(11)15(9)5-8/h2-3,8-9H,4-7H2,1H3/t8-,9-/m0/s1. The van der Waals surface area contributed by atoms with Crippen LogP contribution in [0.4, 0.5) is 5.82 Å². The predicted octanol–water partition coefficient (Wildman–Crippen LogP) is 1.92. The van der Waals surface area contributed by atoms with E-state index in [2.05, 4.69) is 32.5 Å². The molecule has 0 spiro atoms. The summed E-state index contributed by atoms with van der Waals surface area (Å²) in [5.41, 5.74) is 0. The minimum atomic E-state index is 0.466. The van der Waals surface area contributed by atoms with Gasteiger partial charge < -0.3 is 14.4 Å². The molecule has 0 saturated carbocycles. The molecule has 3 heterocycles. The maximum absolute atomic E-state index is 5.84. The van der Waals surface area contributed by atoms with E-state index in [1.54, 1.807) is 7.11 Å². The lowest BCUT2D eigenvalue weighted by Gasteiger charge is -2.32. The largest absolute Gasteiger partial charge is 0.486 e. The van der Waals surface area contributed by atoms with Gasteiger partial charge in [-0.05, 0) is 35.1 Å². The highest BCUT2D eigenvalue weighted by Crippen LogP contribution is 2.40. The van der Waals surface area contributed by atoms with Crippen LogP contribution in [-0.2, 0) is 4.74 Å². The van der Waals surface area contributed by atoms with Crippen molar-refractivity contribution in [1.29, 1.82) is 0 Å². The molecule has 2 aliphatic heterocycles. The van der Waals surface area contributed by atoms with Crippen LogP contribution >= 0.6 is 22.6 Å². The number of fused-ring (bicyclic) bond motifs is 3. The minimum absolute atomic E-state index is 0.466. The Morgan fingerprint density at radius 1 is 1.65 bits per heavy atom. The summed E-state index contributed by atoms with van der Waals surface area (Å²) in [4.78, 5) is 6.85. The highest BCUT2D eigenvalue weighted by Gasteiger charge is 2.38. The first-order chi connectivity index (χ1) is 8.29. The third kappa shape index (κ3) is 1.99. The van der Waals surface area contributed by atoms with Gasteiger partial charge in [-0.1, -0.05) is 0 Å². The topological polar surface area (TPSA) is 34.6 Å². The maximum Gasteiger partial charge on any atom is 0.175 e. The third-order valence-corrected chi connectivity index (χ3v) is 4.28. The highest BCUT2D eigenvalue weighted by molar-refractivity contribution is 14.1. The molecule has 0 bridgehead atoms. The molecular weight excluding hydrogens is 331 g/mol. The zero-order chi connectivity index (χ0) is 11.8. The van der Waals surface area contributed by atoms with Crippen LogP contribution in [0.1, 0.15) is 6.42 Å². The van der Waals surface area contributed by atoms with Crippen LogP contribution in [0.15, 0.2) is 12.3 Å². The average Bonchev–Trinajstić information content (AvgIpc) is 2.73. The van der Waals surface area contributed by atoms with E-state index in [-0.39, 0.29) is 0 Å². The second kappa shape index (κ2) is 4.61. The van der Waals surface area contributed by atoms with Crippen LogP contribution in [0, 0.1) is 9.49 Å². The molecule has 17 heavy (non-hydrogen) atoms. The van der Waals surface area contributed by atoms with E-state index in [9.17, 15) is 0 Å². The van der Waals surface area contributed by atoms with Gasteiger partial charge in [-0.25, -0.2) is 4.98 Å². The normalized spacial score (nSPS) is 26.4. The first kappa shape index (κ1) is 11.5. The second-order valence-corrected chi connectivity index (χ2v) is 5.78. The quantitative estimate of drug-likeness (QED) is 0.767. The number of halogens is 1. The smallest absolute Gasteiger partial charge is 0.175 e. The molecule has 1 aromatic rings. The predicted molar refractivity (Wildman–Crippen MR) is 73.6 cm³/mol. The molecular formula is C12H15IN2O2. The number of hydrogen-bond donors (Lipinski definition) is 0. The van der Waals surface area contributed by atoms with Crippen molar-refractivity contribution in [1.82, 2.24) is 4.98 Å². The molecule has 1 saturated heterocycles. The molecule has 1 aromatic heterocycles. The van der Waals surface area contributed by atoms with Crippen LogP contribution in [-0.4, -0.2) is 37.9 Å². The zero-order valence-corrected chi connectivity index (χ0v) is 11.9. The number of rotatable bonds is 2. The fourth-order valence-electron chi connectivity index (χ4n) is 2.72. The lowest BCUT2D eigenvalue weighted by Crippen LogP contribution is -2.39. The summed E-state index contributed by atoms with van der Waals surface area (Å²) in [5.74, 6) is 2.55. The Balaban J connectivity index is 1.89. The van der Waals surface area contributed by atoms with Gasteiger partial charge >= 0.3 is 0 Å². The van der Waals surface area contributed by atoms with E-state index < -0.39 is 0 Å². The Hall–Kier alpha value is -0.560. The van der Waals surface area contributed by atoms with Gasteiger partial charge in [0.05, 0.1) is 16.2 Å². The van der Waals surface area contributed by atoms with E-state index in [1.165, 1.54) is 0 Å². The van der Waals surface area contributed by atoms with Crippen molar-refractivity contribution in [3.63, 3.8) is 0 Å². The summed E-state index contributed by atoms with van der Waals surface area (Å²) in [7, 11) is 1.77. The molecule has 2 atom stereocenters. The van der Waals surface area contributed by atoms with Gasteiger partial charge in [-0.15, -0.1) is 0 Å². The summed E-state index contributed by atoms with van der Waals surface area (Å²) >= 11 is 2.30. The van der Waals surface area contributed by atoms with Crippen molar-refractivity contribution in [3.8, 4) is 5.75 Å². The highest BCUT2D eigenvalue weighted by atomic mass is 127. The van der Waals surface area contributed by atoms with Crippen molar-refractivity contribution in [2.45, 2.75) is 12.5 Å². The van der Waals surface area contributed by atoms with Gasteiger partial charge in [-0.2, -0.15) is 0 Å². The average molecular weight is 346 g/mol. The van der Waals surface area contributed by atoms with Crippen molar-refractivity contribution in [3.05, 3.63) is 15.8 Å². The lowest BCUT2D eigenvalue weighted by molar-refractivity contribution is 0.157. The SMILES string of the molecule is COC[C@H]1C[C@H]2COc3c(I)ccnc3N2C1. The summed E-state index contributed by atoms with van der Waals surface area (Å²) in [5, 5.41) is 0. The number of pyridine rings is 1. The monoisotopic (exact) mass is 346 g/mol. The van der Waals surface area contributed by atoms with E-state index in [1.807, 2.05) is 12.3 Å². The number of ether oxygens (including phenoxy) is 2. The van der Waals surface area contributed by atoms with Gasteiger partial charge in [-0.3, -0.25) is 0 Å². The molecule has 0 N–H and O–H groups in total. The molecule has 4 nitrogen and oxygen atoms in total. The first-order valence-corrected chi connectivity index (χ1v) is 6.90. The Labute approximate surface area is 114 Å². The number of anilines is 1. The van der Waals surface area contributed by atoms with Crippen molar-refractivity contribution < 1.29 is 9.47 Å². The molecule has 3 rings (SSSR count). The van der Waals surface area contributed by atoms with E-state index in [0.717, 1.165) is 41.3 Å². The van der Waals surface area contributed by atoms with Crippen LogP contribution in [0.25, 0.3) is 0 Å². The Kier molecular flexibility index (Phi) is 3.12. The first-order valence-electron chi connectivity index (χ1n) is 5.82. The van der Waals surface area contributed by atoms with Crippen molar-refractivity contribution in [2.75, 3.05) is 31.8 Å². The van der Waals surface area contributed by atoms with E-state index in [0.29, 0.717) is 12.0 Å². The molecule has 0 aromatic carbocycles. The molecule has 2 aliphatic rings. The molecule has 1 fully saturated rings. The maximum atomic E-state index is 5.84. The fourth-order valence-corrected chi connectivity index (χ4v) is 3.28. The molecule has 92 valence electrons. The summed E-state index contributed by atoms with van der Waals surface area (Å²) in [6.07, 6.45) is 3.00. The molecule has 0 aliphatic carbocycles. The minimum Gasteiger partial charge on any atom is -0.486 e. The fraction of sp³-hybridized carbons (Fsp3) is 0.583. The van der Waals surface area contributed by atoms with Gasteiger partial charge in [0.2, 0.25) is 0 Å². The van der Waals surface area contributed by atoms with E-state index >= 15 is 0 Å². The molecule has 0 amide bonds. The number of hydrogen-bond acceptors (Lipinski definition) is 4. The number of nitrogens with zero attached hydrogens (tertiary/aromatic N) is 2. The molecule has 0 unspecified atom stereocenters. The Bertz CT molecular complexity index is 427. The summed E-state index contributed by atoms with van der Waals surface area (Å²) < 4.78 is 12.2. The third-order valence-electron chi connectivity index (χ3n) is 3.43. The summed E-state index contributed by atoms with van der Waals surface area (Å²) in [6, 6.07) is 2.45. The van der Waals surface area contributed by atoms with Gasteiger partial charge in [0.1, 0.15) is 6.61 Å². The van der Waals surface area contributed by atoms with Crippen LogP contribution in [0.5, 0.6) is 5.75 Å². The number of methoxy groups -OCH3 is 1. The van der Waals surface area contributed by atoms with E-state index in [4.69, 9.17) is 9.47 Å². The molecule has 5 heteroatoms. The van der Waals surface area contributed by atoms with Gasteiger partial charge in [0, 0.05) is 25.8 Å². The second-order valence-electron chi connectivity index (χ2n) is 4.62. The number of aromatic nitrogens is 1. The van der Waals surface area contributed by atoms with Crippen LogP contribution < -0.4 is 9.64 Å². The Morgan fingerprint density at radius 3 is 3.35 bits per heavy atom. The van der Waals surface area contributed by atoms with Gasteiger partial charge in [0.15, 0.2) is 11.6 Å².